The van der Waals surface area contributed by atoms with Crippen LogP contribution in [0.3, 0.4) is 0 Å². The number of hydrogen-bond donors (Lipinski definition) is 2. The van der Waals surface area contributed by atoms with Crippen LogP contribution in [0.25, 0.3) is 11.0 Å². The van der Waals surface area contributed by atoms with Crippen LogP contribution in [0.2, 0.25) is 0 Å². The Kier molecular flexibility index (Phi) is 4.61. The van der Waals surface area contributed by atoms with E-state index in [1.807, 2.05) is 18.2 Å². The molecule has 2 rings (SSSR count). The third-order valence-electron chi connectivity index (χ3n) is 3.53. The summed E-state index contributed by atoms with van der Waals surface area (Å²) in [6.45, 7) is 7.50. The first-order valence-corrected chi connectivity index (χ1v) is 6.97. The van der Waals surface area contributed by atoms with E-state index in [4.69, 9.17) is 9.52 Å². The van der Waals surface area contributed by atoms with Crippen molar-refractivity contribution < 1.29 is 9.52 Å². The highest BCUT2D eigenvalue weighted by Crippen LogP contribution is 2.32. The SMILES string of the molecule is Cc1c(C(NCCCO)C(C)C)oc2ccccc12. The van der Waals surface area contributed by atoms with Gasteiger partial charge in [-0.15, -0.1) is 0 Å². The Morgan fingerprint density at radius 3 is 2.63 bits per heavy atom. The van der Waals surface area contributed by atoms with Gasteiger partial charge in [0.15, 0.2) is 0 Å². The fraction of sp³-hybridized carbons (Fsp3) is 0.500. The van der Waals surface area contributed by atoms with E-state index in [9.17, 15) is 0 Å². The first-order chi connectivity index (χ1) is 9.15. The number of benzene rings is 1. The topological polar surface area (TPSA) is 45.4 Å². The number of nitrogens with one attached hydrogen (secondary N) is 1. The van der Waals surface area contributed by atoms with Gasteiger partial charge in [-0.2, -0.15) is 0 Å². The lowest BCUT2D eigenvalue weighted by atomic mass is 9.98. The third kappa shape index (κ3) is 2.99. The molecule has 3 heteroatoms. The van der Waals surface area contributed by atoms with Gasteiger partial charge in [-0.25, -0.2) is 0 Å². The lowest BCUT2D eigenvalue weighted by molar-refractivity contribution is 0.273. The van der Waals surface area contributed by atoms with Gasteiger partial charge in [0.1, 0.15) is 11.3 Å². The van der Waals surface area contributed by atoms with Crippen LogP contribution >= 0.6 is 0 Å². The van der Waals surface area contributed by atoms with E-state index in [1.165, 1.54) is 10.9 Å². The highest BCUT2D eigenvalue weighted by atomic mass is 16.3. The van der Waals surface area contributed by atoms with Gasteiger partial charge in [0.25, 0.3) is 0 Å². The summed E-state index contributed by atoms with van der Waals surface area (Å²) >= 11 is 0. The molecule has 1 heterocycles. The van der Waals surface area contributed by atoms with Crippen LogP contribution in [0.15, 0.2) is 28.7 Å². The van der Waals surface area contributed by atoms with Gasteiger partial charge >= 0.3 is 0 Å². The number of hydrogen-bond acceptors (Lipinski definition) is 3. The molecule has 3 nitrogen and oxygen atoms in total. The summed E-state index contributed by atoms with van der Waals surface area (Å²) in [6, 6.07) is 8.34. The molecule has 1 atom stereocenters. The molecular weight excluding hydrogens is 238 g/mol. The molecule has 1 unspecified atom stereocenters. The minimum absolute atomic E-state index is 0.193. The second-order valence-corrected chi connectivity index (χ2v) is 5.34. The van der Waals surface area contributed by atoms with Crippen molar-refractivity contribution in [3.63, 3.8) is 0 Å². The molecular formula is C16H23NO2. The van der Waals surface area contributed by atoms with Gasteiger partial charge < -0.3 is 14.8 Å². The zero-order valence-corrected chi connectivity index (χ0v) is 11.9. The lowest BCUT2D eigenvalue weighted by Crippen LogP contribution is -2.27. The minimum Gasteiger partial charge on any atom is -0.459 e. The summed E-state index contributed by atoms with van der Waals surface area (Å²) in [5, 5.41) is 13.6. The average molecular weight is 261 g/mol. The van der Waals surface area contributed by atoms with Crippen LogP contribution in [0.1, 0.15) is 37.6 Å². The van der Waals surface area contributed by atoms with Gasteiger partial charge in [0, 0.05) is 12.0 Å². The molecule has 0 aliphatic rings. The van der Waals surface area contributed by atoms with Crippen molar-refractivity contribution in [3.8, 4) is 0 Å². The maximum absolute atomic E-state index is 8.89. The Morgan fingerprint density at radius 1 is 1.26 bits per heavy atom. The van der Waals surface area contributed by atoms with Crippen molar-refractivity contribution in [2.24, 2.45) is 5.92 Å². The zero-order chi connectivity index (χ0) is 13.8. The summed E-state index contributed by atoms with van der Waals surface area (Å²) < 4.78 is 6.03. The van der Waals surface area contributed by atoms with Crippen LogP contribution in [0, 0.1) is 12.8 Å². The van der Waals surface area contributed by atoms with Crippen molar-refractivity contribution in [2.75, 3.05) is 13.2 Å². The summed E-state index contributed by atoms with van der Waals surface area (Å²) in [4.78, 5) is 0. The standard InChI is InChI=1S/C16H23NO2/c1-11(2)15(17-9-6-10-18)16-12(3)13-7-4-5-8-14(13)19-16/h4-5,7-8,11,15,17-18H,6,9-10H2,1-3H3. The Labute approximate surface area is 114 Å². The summed E-state index contributed by atoms with van der Waals surface area (Å²) in [5.74, 6) is 1.46. The molecule has 19 heavy (non-hydrogen) atoms. The normalized spacial score (nSPS) is 13.3. The number of furan rings is 1. The van der Waals surface area contributed by atoms with Crippen LogP contribution in [0.5, 0.6) is 0 Å². The van der Waals surface area contributed by atoms with Crippen molar-refractivity contribution in [3.05, 3.63) is 35.6 Å². The second-order valence-electron chi connectivity index (χ2n) is 5.34. The number of aliphatic hydroxyl groups excluding tert-OH is 1. The Bertz CT molecular complexity index is 531. The molecule has 0 fully saturated rings. The van der Waals surface area contributed by atoms with Crippen molar-refractivity contribution >= 4 is 11.0 Å². The summed E-state index contributed by atoms with van der Waals surface area (Å²) in [7, 11) is 0. The molecule has 0 amide bonds. The molecule has 0 aliphatic carbocycles. The van der Waals surface area contributed by atoms with Gasteiger partial charge in [-0.05, 0) is 37.4 Å². The number of aryl methyl sites for hydroxylation is 1. The van der Waals surface area contributed by atoms with Gasteiger partial charge in [-0.1, -0.05) is 32.0 Å². The quantitative estimate of drug-likeness (QED) is 0.783. The Hall–Kier alpha value is -1.32. The van der Waals surface area contributed by atoms with Gasteiger partial charge in [-0.3, -0.25) is 0 Å². The summed E-state index contributed by atoms with van der Waals surface area (Å²) in [5.41, 5.74) is 2.16. The predicted octanol–water partition coefficient (Wildman–Crippen LogP) is 3.41. The molecule has 0 aliphatic heterocycles. The molecule has 2 aromatic rings. The molecule has 0 bridgehead atoms. The number of fused-ring (bicyclic) bond motifs is 1. The predicted molar refractivity (Wildman–Crippen MR) is 78.2 cm³/mol. The van der Waals surface area contributed by atoms with E-state index in [2.05, 4.69) is 32.2 Å². The highest BCUT2D eigenvalue weighted by Gasteiger charge is 2.22. The first kappa shape index (κ1) is 14.1. The number of aliphatic hydroxyl groups is 1. The fourth-order valence-electron chi connectivity index (χ4n) is 2.46. The van der Waals surface area contributed by atoms with Crippen LogP contribution in [-0.2, 0) is 0 Å². The van der Waals surface area contributed by atoms with Crippen molar-refractivity contribution in [1.82, 2.24) is 5.32 Å². The zero-order valence-electron chi connectivity index (χ0n) is 11.9. The molecule has 0 saturated carbocycles. The van der Waals surface area contributed by atoms with Gasteiger partial charge in [0.2, 0.25) is 0 Å². The van der Waals surface area contributed by atoms with Crippen LogP contribution in [0.4, 0.5) is 0 Å². The van der Waals surface area contributed by atoms with E-state index in [0.29, 0.717) is 5.92 Å². The maximum Gasteiger partial charge on any atom is 0.134 e. The number of para-hydroxylation sites is 1. The molecule has 2 N–H and O–H groups in total. The van der Waals surface area contributed by atoms with E-state index >= 15 is 0 Å². The Morgan fingerprint density at radius 2 is 2.00 bits per heavy atom. The van der Waals surface area contributed by atoms with Crippen LogP contribution in [-0.4, -0.2) is 18.3 Å². The van der Waals surface area contributed by atoms with Crippen LogP contribution < -0.4 is 5.32 Å². The fourth-order valence-corrected chi connectivity index (χ4v) is 2.46. The Balaban J connectivity index is 2.30. The van der Waals surface area contributed by atoms with E-state index in [-0.39, 0.29) is 12.6 Å². The smallest absolute Gasteiger partial charge is 0.134 e. The lowest BCUT2D eigenvalue weighted by Gasteiger charge is -2.21. The average Bonchev–Trinajstić information content (AvgIpc) is 2.72. The first-order valence-electron chi connectivity index (χ1n) is 6.97. The highest BCUT2D eigenvalue weighted by molar-refractivity contribution is 5.82. The second kappa shape index (κ2) is 6.22. The maximum atomic E-state index is 8.89. The molecule has 1 aromatic heterocycles. The van der Waals surface area contributed by atoms with Crippen molar-refractivity contribution in [2.45, 2.75) is 33.2 Å². The summed E-state index contributed by atoms with van der Waals surface area (Å²) in [6.07, 6.45) is 0.766. The molecule has 0 radical (unpaired) electrons. The molecule has 1 aromatic carbocycles. The largest absolute Gasteiger partial charge is 0.459 e. The molecule has 104 valence electrons. The van der Waals surface area contributed by atoms with E-state index in [0.717, 1.165) is 24.3 Å². The van der Waals surface area contributed by atoms with Gasteiger partial charge in [0.05, 0.1) is 6.04 Å². The van der Waals surface area contributed by atoms with E-state index in [1.54, 1.807) is 0 Å². The molecule has 0 spiro atoms. The molecule has 0 saturated heterocycles. The minimum atomic E-state index is 0.193. The monoisotopic (exact) mass is 261 g/mol. The van der Waals surface area contributed by atoms with E-state index < -0.39 is 0 Å². The van der Waals surface area contributed by atoms with Crippen molar-refractivity contribution in [1.29, 1.82) is 0 Å². The number of rotatable bonds is 6. The third-order valence-corrected chi connectivity index (χ3v) is 3.53.